The van der Waals surface area contributed by atoms with Crippen molar-refractivity contribution in [2.24, 2.45) is 0 Å². The van der Waals surface area contributed by atoms with Crippen molar-refractivity contribution in [2.75, 3.05) is 29.9 Å². The fourth-order valence-corrected chi connectivity index (χ4v) is 3.41. The largest absolute Gasteiger partial charge is 0.375 e. The first-order valence-electron chi connectivity index (χ1n) is 9.19. The Kier molecular flexibility index (Phi) is 5.03. The molecule has 8 heteroatoms. The van der Waals surface area contributed by atoms with Crippen molar-refractivity contribution in [3.8, 4) is 0 Å². The van der Waals surface area contributed by atoms with Gasteiger partial charge in [0.1, 0.15) is 11.5 Å². The van der Waals surface area contributed by atoms with E-state index in [2.05, 4.69) is 27.1 Å². The van der Waals surface area contributed by atoms with E-state index in [9.17, 15) is 10.1 Å². The molecular formula is C20H21N5O3. The smallest absolute Gasteiger partial charge is 0.301 e. The monoisotopic (exact) mass is 379 g/mol. The Morgan fingerprint density at radius 1 is 1.29 bits per heavy atom. The van der Waals surface area contributed by atoms with Crippen molar-refractivity contribution in [2.45, 2.75) is 19.6 Å². The van der Waals surface area contributed by atoms with Crippen molar-refractivity contribution in [1.82, 2.24) is 9.97 Å². The number of fused-ring (bicyclic) bond motifs is 1. The van der Waals surface area contributed by atoms with Crippen molar-refractivity contribution in [1.29, 1.82) is 0 Å². The van der Waals surface area contributed by atoms with E-state index in [-0.39, 0.29) is 16.7 Å². The predicted octanol–water partition coefficient (Wildman–Crippen LogP) is 3.38. The first kappa shape index (κ1) is 18.1. The molecule has 3 heterocycles. The summed E-state index contributed by atoms with van der Waals surface area (Å²) in [6.45, 7) is 4.84. The van der Waals surface area contributed by atoms with Crippen LogP contribution in [-0.4, -0.2) is 40.7 Å². The molecule has 8 nitrogen and oxygen atoms in total. The van der Waals surface area contributed by atoms with Crippen LogP contribution in [0.4, 0.5) is 17.2 Å². The third kappa shape index (κ3) is 3.72. The van der Waals surface area contributed by atoms with E-state index in [1.807, 2.05) is 12.1 Å². The Bertz CT molecular complexity index is 993. The van der Waals surface area contributed by atoms with Crippen LogP contribution in [0.25, 0.3) is 10.9 Å². The third-order valence-corrected chi connectivity index (χ3v) is 4.80. The minimum absolute atomic E-state index is 0.0393. The zero-order valence-electron chi connectivity index (χ0n) is 15.5. The van der Waals surface area contributed by atoms with Crippen LogP contribution in [0.5, 0.6) is 0 Å². The molecule has 0 spiro atoms. The molecule has 0 amide bonds. The van der Waals surface area contributed by atoms with Crippen LogP contribution >= 0.6 is 0 Å². The van der Waals surface area contributed by atoms with Crippen LogP contribution in [0.3, 0.4) is 0 Å². The lowest BCUT2D eigenvalue weighted by atomic mass is 10.1. The van der Waals surface area contributed by atoms with Gasteiger partial charge in [0.15, 0.2) is 0 Å². The molecule has 1 aliphatic heterocycles. The molecular weight excluding hydrogens is 358 g/mol. The van der Waals surface area contributed by atoms with Crippen LogP contribution in [-0.2, 0) is 11.3 Å². The minimum atomic E-state index is -0.368. The maximum Gasteiger partial charge on any atom is 0.301 e. The molecule has 144 valence electrons. The van der Waals surface area contributed by atoms with Gasteiger partial charge < -0.3 is 15.0 Å². The second kappa shape index (κ2) is 7.77. The second-order valence-electron chi connectivity index (χ2n) is 6.79. The number of anilines is 2. The van der Waals surface area contributed by atoms with E-state index in [4.69, 9.17) is 4.74 Å². The number of pyridine rings is 2. The fraction of sp³-hybridized carbons (Fsp3) is 0.300. The van der Waals surface area contributed by atoms with Crippen LogP contribution in [0.1, 0.15) is 12.5 Å². The highest BCUT2D eigenvalue weighted by atomic mass is 16.6. The number of hydrogen-bond donors (Lipinski definition) is 1. The lowest BCUT2D eigenvalue weighted by Crippen LogP contribution is -2.41. The number of nitrogens with one attached hydrogen (secondary N) is 1. The van der Waals surface area contributed by atoms with Crippen LogP contribution in [0.15, 0.2) is 48.8 Å². The van der Waals surface area contributed by atoms with Gasteiger partial charge >= 0.3 is 5.69 Å². The van der Waals surface area contributed by atoms with Gasteiger partial charge in [-0.15, -0.1) is 0 Å². The van der Waals surface area contributed by atoms with E-state index in [1.54, 1.807) is 36.7 Å². The molecule has 28 heavy (non-hydrogen) atoms. The number of hydrogen-bond acceptors (Lipinski definition) is 7. The van der Waals surface area contributed by atoms with Gasteiger partial charge in [-0.2, -0.15) is 0 Å². The highest BCUT2D eigenvalue weighted by Gasteiger charge is 2.19. The molecule has 0 aliphatic carbocycles. The Morgan fingerprint density at radius 3 is 2.93 bits per heavy atom. The number of nitro groups is 1. The molecule has 1 atom stereocenters. The van der Waals surface area contributed by atoms with Crippen LogP contribution in [0.2, 0.25) is 0 Å². The van der Waals surface area contributed by atoms with Gasteiger partial charge in [-0.1, -0.05) is 6.07 Å². The number of ether oxygens (including phenoxy) is 1. The molecule has 4 rings (SSSR count). The number of morpholine rings is 1. The summed E-state index contributed by atoms with van der Waals surface area (Å²) in [5, 5.41) is 15.3. The summed E-state index contributed by atoms with van der Waals surface area (Å²) in [5.74, 6) is 0.918. The minimum Gasteiger partial charge on any atom is -0.375 e. The summed E-state index contributed by atoms with van der Waals surface area (Å²) in [7, 11) is 0. The molecule has 1 unspecified atom stereocenters. The average molecular weight is 379 g/mol. The SMILES string of the molecule is CC1CN(c2ccc(CNc3ccc4ncccc4c3[N+](=O)[O-])cn2)CCO1. The molecule has 1 N–H and O–H groups in total. The first-order chi connectivity index (χ1) is 13.6. The van der Waals surface area contributed by atoms with Crippen LogP contribution in [0, 0.1) is 10.1 Å². The molecule has 2 aromatic heterocycles. The highest BCUT2D eigenvalue weighted by molar-refractivity contribution is 5.94. The molecule has 0 radical (unpaired) electrons. The summed E-state index contributed by atoms with van der Waals surface area (Å²) < 4.78 is 5.56. The maximum absolute atomic E-state index is 11.6. The lowest BCUT2D eigenvalue weighted by molar-refractivity contribution is -0.382. The maximum atomic E-state index is 11.6. The van der Waals surface area contributed by atoms with E-state index < -0.39 is 0 Å². The van der Waals surface area contributed by atoms with Gasteiger partial charge in [-0.05, 0) is 42.8 Å². The second-order valence-corrected chi connectivity index (χ2v) is 6.79. The van der Waals surface area contributed by atoms with E-state index in [0.29, 0.717) is 29.7 Å². The summed E-state index contributed by atoms with van der Waals surface area (Å²) in [5.41, 5.74) is 2.06. The molecule has 1 aliphatic rings. The van der Waals surface area contributed by atoms with Gasteiger partial charge in [0, 0.05) is 32.0 Å². The van der Waals surface area contributed by atoms with Crippen molar-refractivity contribution < 1.29 is 9.66 Å². The number of rotatable bonds is 5. The number of nitro benzene ring substituents is 1. The predicted molar refractivity (Wildman–Crippen MR) is 108 cm³/mol. The van der Waals surface area contributed by atoms with Crippen molar-refractivity contribution >= 4 is 28.1 Å². The van der Waals surface area contributed by atoms with Gasteiger partial charge in [0.25, 0.3) is 0 Å². The summed E-state index contributed by atoms with van der Waals surface area (Å²) in [6, 6.07) is 10.9. The molecule has 0 bridgehead atoms. The van der Waals surface area contributed by atoms with Gasteiger partial charge in [0.2, 0.25) is 0 Å². The summed E-state index contributed by atoms with van der Waals surface area (Å²) in [4.78, 5) is 22.2. The van der Waals surface area contributed by atoms with Crippen LogP contribution < -0.4 is 10.2 Å². The van der Waals surface area contributed by atoms with Gasteiger partial charge in [-0.3, -0.25) is 15.1 Å². The zero-order chi connectivity index (χ0) is 19.5. The Hall–Kier alpha value is -3.26. The van der Waals surface area contributed by atoms with Gasteiger partial charge in [-0.25, -0.2) is 4.98 Å². The number of benzene rings is 1. The van der Waals surface area contributed by atoms with E-state index >= 15 is 0 Å². The number of aromatic nitrogens is 2. The van der Waals surface area contributed by atoms with E-state index in [0.717, 1.165) is 24.5 Å². The summed E-state index contributed by atoms with van der Waals surface area (Å²) >= 11 is 0. The van der Waals surface area contributed by atoms with Gasteiger partial charge in [0.05, 0.1) is 28.5 Å². The zero-order valence-corrected chi connectivity index (χ0v) is 15.5. The molecule has 1 saturated heterocycles. The summed E-state index contributed by atoms with van der Waals surface area (Å²) in [6.07, 6.45) is 3.62. The normalized spacial score (nSPS) is 16.9. The molecule has 1 fully saturated rings. The molecule has 0 saturated carbocycles. The quantitative estimate of drug-likeness (QED) is 0.536. The fourth-order valence-electron chi connectivity index (χ4n) is 3.41. The van der Waals surface area contributed by atoms with Crippen molar-refractivity contribution in [3.05, 3.63) is 64.5 Å². The van der Waals surface area contributed by atoms with Crippen molar-refractivity contribution in [3.63, 3.8) is 0 Å². The Balaban J connectivity index is 1.50. The van der Waals surface area contributed by atoms with E-state index in [1.165, 1.54) is 0 Å². The lowest BCUT2D eigenvalue weighted by Gasteiger charge is -2.32. The Morgan fingerprint density at radius 2 is 2.18 bits per heavy atom. The number of nitrogens with zero attached hydrogens (tertiary/aromatic N) is 4. The first-order valence-corrected chi connectivity index (χ1v) is 9.19. The Labute approximate surface area is 162 Å². The molecule has 1 aromatic carbocycles. The average Bonchev–Trinajstić information content (AvgIpc) is 2.72. The third-order valence-electron chi connectivity index (χ3n) is 4.80. The topological polar surface area (TPSA) is 93.4 Å². The standard InChI is InChI=1S/C20H21N5O3/c1-14-13-24(9-10-28-14)19-7-4-15(12-23-19)11-22-18-6-5-17-16(3-2-8-21-17)20(18)25(26)27/h2-8,12,14,22H,9-11,13H2,1H3. The molecule has 3 aromatic rings. The highest BCUT2D eigenvalue weighted by Crippen LogP contribution is 2.32.